The predicted molar refractivity (Wildman–Crippen MR) is 220 cm³/mol. The first-order valence-electron chi connectivity index (χ1n) is 23.1. The van der Waals surface area contributed by atoms with Crippen molar-refractivity contribution in [3.05, 3.63) is 0 Å². The standard InChI is InChI=1S/C46H93NO2/c1-4-7-9-11-13-15-17-19-21-23-25-27-29-31-33-35-37-39-42-47(45(41-6-3)44-46(48)49)43-40-38-36-34-32-30-28-26-24-22-20-18-16-14-12-10-8-5-2/h45H,4-44H2,1-3H3,(H,48,49). The van der Waals surface area contributed by atoms with E-state index in [4.69, 9.17) is 0 Å². The van der Waals surface area contributed by atoms with Crippen LogP contribution in [0.1, 0.15) is 271 Å². The second kappa shape index (κ2) is 41.8. The maximum absolute atomic E-state index is 11.6. The van der Waals surface area contributed by atoms with Gasteiger partial charge in [-0.05, 0) is 32.4 Å². The van der Waals surface area contributed by atoms with Crippen molar-refractivity contribution in [2.24, 2.45) is 0 Å². The van der Waals surface area contributed by atoms with Crippen molar-refractivity contribution < 1.29 is 9.90 Å². The Morgan fingerprint density at radius 2 is 0.592 bits per heavy atom. The molecule has 0 saturated heterocycles. The fraction of sp³-hybridized carbons (Fsp3) is 0.978. The molecule has 0 aliphatic heterocycles. The van der Waals surface area contributed by atoms with Gasteiger partial charge in [-0.3, -0.25) is 9.69 Å². The van der Waals surface area contributed by atoms with Crippen LogP contribution in [-0.2, 0) is 4.79 Å². The normalized spacial score (nSPS) is 12.3. The molecule has 3 heteroatoms. The van der Waals surface area contributed by atoms with Crippen LogP contribution in [0.5, 0.6) is 0 Å². The largest absolute Gasteiger partial charge is 0.481 e. The minimum atomic E-state index is -0.626. The molecule has 0 aromatic heterocycles. The molecular weight excluding hydrogens is 599 g/mol. The number of unbranched alkanes of at least 4 members (excludes halogenated alkanes) is 34. The molecular formula is C46H93NO2. The van der Waals surface area contributed by atoms with Gasteiger partial charge in [-0.1, -0.05) is 245 Å². The van der Waals surface area contributed by atoms with Gasteiger partial charge in [0.1, 0.15) is 0 Å². The van der Waals surface area contributed by atoms with E-state index in [-0.39, 0.29) is 6.04 Å². The Morgan fingerprint density at radius 3 is 0.796 bits per heavy atom. The van der Waals surface area contributed by atoms with Crippen molar-refractivity contribution in [1.82, 2.24) is 4.90 Å². The predicted octanol–water partition coefficient (Wildman–Crippen LogP) is 16.0. The SMILES string of the molecule is CCCCCCCCCCCCCCCCCCCCN(CCCCCCCCCCCCCCCCCCCC)C(CCC)CC(=O)O. The van der Waals surface area contributed by atoms with Crippen molar-refractivity contribution in [1.29, 1.82) is 0 Å². The van der Waals surface area contributed by atoms with Gasteiger partial charge < -0.3 is 5.11 Å². The molecule has 0 fully saturated rings. The summed E-state index contributed by atoms with van der Waals surface area (Å²) in [5, 5.41) is 9.59. The topological polar surface area (TPSA) is 40.5 Å². The molecule has 0 spiro atoms. The molecule has 0 rings (SSSR count). The summed E-state index contributed by atoms with van der Waals surface area (Å²) in [6.07, 6.45) is 53.1. The molecule has 1 atom stereocenters. The van der Waals surface area contributed by atoms with Gasteiger partial charge in [0.25, 0.3) is 0 Å². The Bertz CT molecular complexity index is 582. The number of hydrogen-bond acceptors (Lipinski definition) is 2. The highest BCUT2D eigenvalue weighted by atomic mass is 16.4. The summed E-state index contributed by atoms with van der Waals surface area (Å²) in [6.45, 7) is 8.99. The number of nitrogens with zero attached hydrogens (tertiary/aromatic N) is 1. The van der Waals surface area contributed by atoms with Gasteiger partial charge in [-0.15, -0.1) is 0 Å². The minimum Gasteiger partial charge on any atom is -0.481 e. The van der Waals surface area contributed by atoms with Crippen LogP contribution in [0.4, 0.5) is 0 Å². The lowest BCUT2D eigenvalue weighted by Crippen LogP contribution is -2.38. The number of carboxylic acid groups (broad SMARTS) is 1. The van der Waals surface area contributed by atoms with E-state index in [1.54, 1.807) is 0 Å². The van der Waals surface area contributed by atoms with Crippen molar-refractivity contribution in [2.75, 3.05) is 13.1 Å². The summed E-state index contributed by atoms with van der Waals surface area (Å²) in [5.74, 6) is -0.626. The quantitative estimate of drug-likeness (QED) is 0.0647. The summed E-state index contributed by atoms with van der Waals surface area (Å²) in [4.78, 5) is 14.2. The summed E-state index contributed by atoms with van der Waals surface area (Å²) >= 11 is 0. The van der Waals surface area contributed by atoms with E-state index in [1.165, 1.54) is 231 Å². The second-order valence-corrected chi connectivity index (χ2v) is 16.1. The van der Waals surface area contributed by atoms with Crippen LogP contribution < -0.4 is 0 Å². The van der Waals surface area contributed by atoms with E-state index in [2.05, 4.69) is 25.7 Å². The third-order valence-electron chi connectivity index (χ3n) is 11.1. The van der Waals surface area contributed by atoms with E-state index in [0.29, 0.717) is 6.42 Å². The minimum absolute atomic E-state index is 0.221. The monoisotopic (exact) mass is 692 g/mol. The number of carboxylic acids is 1. The number of rotatable bonds is 43. The fourth-order valence-corrected chi connectivity index (χ4v) is 7.86. The summed E-state index contributed by atoms with van der Waals surface area (Å²) in [5.41, 5.74) is 0. The number of hydrogen-bond donors (Lipinski definition) is 1. The van der Waals surface area contributed by atoms with Crippen molar-refractivity contribution in [3.8, 4) is 0 Å². The highest BCUT2D eigenvalue weighted by Crippen LogP contribution is 2.19. The van der Waals surface area contributed by atoms with Gasteiger partial charge in [0.2, 0.25) is 0 Å². The van der Waals surface area contributed by atoms with Crippen LogP contribution in [0.15, 0.2) is 0 Å². The van der Waals surface area contributed by atoms with Gasteiger partial charge in [0.15, 0.2) is 0 Å². The van der Waals surface area contributed by atoms with Gasteiger partial charge in [-0.25, -0.2) is 0 Å². The molecule has 1 unspecified atom stereocenters. The molecule has 0 bridgehead atoms. The van der Waals surface area contributed by atoms with E-state index >= 15 is 0 Å². The van der Waals surface area contributed by atoms with Gasteiger partial charge in [-0.2, -0.15) is 0 Å². The lowest BCUT2D eigenvalue weighted by Gasteiger charge is -2.31. The molecule has 0 aliphatic rings. The maximum Gasteiger partial charge on any atom is 0.304 e. The molecule has 294 valence electrons. The number of carbonyl (C=O) groups is 1. The van der Waals surface area contributed by atoms with Crippen LogP contribution in [0.25, 0.3) is 0 Å². The molecule has 0 aromatic carbocycles. The van der Waals surface area contributed by atoms with Crippen LogP contribution in [-0.4, -0.2) is 35.1 Å². The van der Waals surface area contributed by atoms with Crippen molar-refractivity contribution in [2.45, 2.75) is 277 Å². The molecule has 0 aromatic rings. The molecule has 0 heterocycles. The highest BCUT2D eigenvalue weighted by Gasteiger charge is 2.20. The average Bonchev–Trinajstić information content (AvgIpc) is 3.09. The molecule has 3 nitrogen and oxygen atoms in total. The van der Waals surface area contributed by atoms with Crippen LogP contribution in [0.3, 0.4) is 0 Å². The summed E-state index contributed by atoms with van der Waals surface area (Å²) in [6, 6.07) is 0.221. The van der Waals surface area contributed by atoms with E-state index in [9.17, 15) is 9.90 Å². The van der Waals surface area contributed by atoms with Crippen LogP contribution in [0.2, 0.25) is 0 Å². The van der Waals surface area contributed by atoms with Gasteiger partial charge in [0, 0.05) is 6.04 Å². The zero-order valence-corrected chi connectivity index (χ0v) is 34.4. The first-order chi connectivity index (χ1) is 24.2. The molecule has 0 saturated carbocycles. The average molecular weight is 692 g/mol. The van der Waals surface area contributed by atoms with E-state index in [1.807, 2.05) is 0 Å². The molecule has 0 amide bonds. The van der Waals surface area contributed by atoms with Gasteiger partial charge >= 0.3 is 5.97 Å². The maximum atomic E-state index is 11.6. The molecule has 1 N–H and O–H groups in total. The van der Waals surface area contributed by atoms with E-state index < -0.39 is 5.97 Å². The smallest absolute Gasteiger partial charge is 0.304 e. The Morgan fingerprint density at radius 1 is 0.367 bits per heavy atom. The van der Waals surface area contributed by atoms with Gasteiger partial charge in [0.05, 0.1) is 6.42 Å². The highest BCUT2D eigenvalue weighted by molar-refractivity contribution is 5.67. The first-order valence-corrected chi connectivity index (χ1v) is 23.1. The van der Waals surface area contributed by atoms with Crippen LogP contribution >= 0.6 is 0 Å². The zero-order chi connectivity index (χ0) is 35.7. The summed E-state index contributed by atoms with van der Waals surface area (Å²) < 4.78 is 0. The lowest BCUT2D eigenvalue weighted by molar-refractivity contribution is -0.138. The second-order valence-electron chi connectivity index (χ2n) is 16.1. The number of aliphatic carboxylic acids is 1. The van der Waals surface area contributed by atoms with Crippen molar-refractivity contribution in [3.63, 3.8) is 0 Å². The lowest BCUT2D eigenvalue weighted by atomic mass is 10.0. The first kappa shape index (κ1) is 48.4. The van der Waals surface area contributed by atoms with Crippen LogP contribution in [0, 0.1) is 0 Å². The Kier molecular flexibility index (Phi) is 41.4. The third kappa shape index (κ3) is 38.5. The Balaban J connectivity index is 3.83. The Labute approximate surface area is 310 Å². The third-order valence-corrected chi connectivity index (χ3v) is 11.1. The fourth-order valence-electron chi connectivity index (χ4n) is 7.86. The van der Waals surface area contributed by atoms with Crippen molar-refractivity contribution >= 4 is 5.97 Å². The molecule has 49 heavy (non-hydrogen) atoms. The molecule has 0 aliphatic carbocycles. The summed E-state index contributed by atoms with van der Waals surface area (Å²) in [7, 11) is 0. The Hall–Kier alpha value is -0.570. The van der Waals surface area contributed by atoms with E-state index in [0.717, 1.165) is 25.9 Å². The zero-order valence-electron chi connectivity index (χ0n) is 34.4. The molecule has 0 radical (unpaired) electrons.